The van der Waals surface area contributed by atoms with Crippen LogP contribution in [0.25, 0.3) is 0 Å². The molecule has 0 atom stereocenters. The molecular formula is C12H17ClN2O4. The average molecular weight is 289 g/mol. The van der Waals surface area contributed by atoms with Crippen molar-refractivity contribution in [3.8, 4) is 5.75 Å². The molecule has 1 rings (SSSR count). The highest BCUT2D eigenvalue weighted by molar-refractivity contribution is 6.29. The molecule has 106 valence electrons. The van der Waals surface area contributed by atoms with E-state index in [-0.39, 0.29) is 11.9 Å². The van der Waals surface area contributed by atoms with Crippen molar-refractivity contribution < 1.29 is 19.0 Å². The Kier molecular flexibility index (Phi) is 5.38. The second kappa shape index (κ2) is 6.58. The number of rotatable bonds is 4. The van der Waals surface area contributed by atoms with E-state index < -0.39 is 11.7 Å². The summed E-state index contributed by atoms with van der Waals surface area (Å²) in [5.74, 6) is 0.345. The fourth-order valence-electron chi connectivity index (χ4n) is 1.17. The summed E-state index contributed by atoms with van der Waals surface area (Å²) in [6.45, 7) is 5.35. The molecule has 0 unspecified atom stereocenters. The lowest BCUT2D eigenvalue weighted by Crippen LogP contribution is -2.27. The Morgan fingerprint density at radius 3 is 2.74 bits per heavy atom. The second-order valence-corrected chi connectivity index (χ2v) is 5.07. The molecule has 19 heavy (non-hydrogen) atoms. The number of hydrogen-bond acceptors (Lipinski definition) is 5. The molecule has 6 nitrogen and oxygen atoms in total. The summed E-state index contributed by atoms with van der Waals surface area (Å²) in [7, 11) is 1.49. The van der Waals surface area contributed by atoms with Crippen LogP contribution in [0.3, 0.4) is 0 Å². The van der Waals surface area contributed by atoms with Crippen molar-refractivity contribution in [3.05, 3.63) is 17.4 Å². The van der Waals surface area contributed by atoms with Gasteiger partial charge in [-0.25, -0.2) is 9.78 Å². The summed E-state index contributed by atoms with van der Waals surface area (Å²) in [5, 5.41) is 2.78. The molecule has 0 bridgehead atoms. The van der Waals surface area contributed by atoms with Gasteiger partial charge in [0.25, 0.3) is 0 Å². The summed E-state index contributed by atoms with van der Waals surface area (Å²) < 4.78 is 15.2. The molecule has 0 saturated heterocycles. The van der Waals surface area contributed by atoms with Gasteiger partial charge in [0.2, 0.25) is 0 Å². The number of anilines is 1. The predicted molar refractivity (Wildman–Crippen MR) is 71.6 cm³/mol. The molecule has 1 heterocycles. The lowest BCUT2D eigenvalue weighted by atomic mass is 10.2. The first-order valence-electron chi connectivity index (χ1n) is 5.59. The molecule has 1 amide bonds. The number of carbonyl (C=O) groups excluding carboxylic acids is 1. The zero-order valence-electron chi connectivity index (χ0n) is 11.3. The number of hydrogen-bond donors (Lipinski definition) is 1. The minimum atomic E-state index is -0.600. The quantitative estimate of drug-likeness (QED) is 0.681. The average Bonchev–Trinajstić information content (AvgIpc) is 2.25. The Morgan fingerprint density at radius 2 is 2.16 bits per heavy atom. The van der Waals surface area contributed by atoms with Crippen molar-refractivity contribution in [3.63, 3.8) is 0 Å². The minimum absolute atomic E-state index is 0.0340. The van der Waals surface area contributed by atoms with Gasteiger partial charge in [-0.15, -0.1) is 0 Å². The highest BCUT2D eigenvalue weighted by Gasteiger charge is 2.18. The van der Waals surface area contributed by atoms with Crippen LogP contribution in [-0.4, -0.2) is 30.6 Å². The van der Waals surface area contributed by atoms with E-state index in [9.17, 15) is 4.79 Å². The van der Waals surface area contributed by atoms with Crippen LogP contribution in [0.1, 0.15) is 20.8 Å². The van der Waals surface area contributed by atoms with Crippen LogP contribution in [0.2, 0.25) is 5.15 Å². The van der Waals surface area contributed by atoms with E-state index in [0.29, 0.717) is 11.4 Å². The molecule has 0 aromatic carbocycles. The van der Waals surface area contributed by atoms with Gasteiger partial charge in [-0.2, -0.15) is 0 Å². The number of ether oxygens (including phenoxy) is 3. The minimum Gasteiger partial charge on any atom is -0.464 e. The Hall–Kier alpha value is -1.53. The SMILES string of the molecule is COCOc1cnc(Cl)cc1NC(=O)OC(C)(C)C. The van der Waals surface area contributed by atoms with Crippen LogP contribution in [0, 0.1) is 0 Å². The van der Waals surface area contributed by atoms with Crippen LogP contribution in [0.4, 0.5) is 10.5 Å². The third kappa shape index (κ3) is 5.76. The van der Waals surface area contributed by atoms with E-state index in [1.54, 1.807) is 20.8 Å². The van der Waals surface area contributed by atoms with Crippen molar-refractivity contribution in [2.75, 3.05) is 19.2 Å². The van der Waals surface area contributed by atoms with Crippen molar-refractivity contribution >= 4 is 23.4 Å². The highest BCUT2D eigenvalue weighted by atomic mass is 35.5. The molecule has 0 fully saturated rings. The molecule has 1 N–H and O–H groups in total. The molecule has 1 aromatic rings. The number of methoxy groups -OCH3 is 1. The Morgan fingerprint density at radius 1 is 1.47 bits per heavy atom. The number of aromatic nitrogens is 1. The lowest BCUT2D eigenvalue weighted by molar-refractivity contribution is 0.0506. The van der Waals surface area contributed by atoms with Crippen LogP contribution in [0.15, 0.2) is 12.3 Å². The number of nitrogens with zero attached hydrogens (tertiary/aromatic N) is 1. The molecule has 0 saturated carbocycles. The molecule has 0 aliphatic carbocycles. The first-order chi connectivity index (χ1) is 8.81. The van der Waals surface area contributed by atoms with Gasteiger partial charge in [-0.3, -0.25) is 5.32 Å². The Balaban J connectivity index is 2.80. The lowest BCUT2D eigenvalue weighted by Gasteiger charge is -2.20. The predicted octanol–water partition coefficient (Wildman–Crippen LogP) is 3.06. The van der Waals surface area contributed by atoms with Gasteiger partial charge in [0.1, 0.15) is 10.8 Å². The van der Waals surface area contributed by atoms with Gasteiger partial charge < -0.3 is 14.2 Å². The maximum Gasteiger partial charge on any atom is 0.412 e. The van der Waals surface area contributed by atoms with E-state index in [1.807, 2.05) is 0 Å². The second-order valence-electron chi connectivity index (χ2n) is 4.68. The van der Waals surface area contributed by atoms with E-state index >= 15 is 0 Å². The van der Waals surface area contributed by atoms with Crippen LogP contribution < -0.4 is 10.1 Å². The largest absolute Gasteiger partial charge is 0.464 e. The molecular weight excluding hydrogens is 272 g/mol. The number of carbonyl (C=O) groups is 1. The monoisotopic (exact) mass is 288 g/mol. The number of halogens is 1. The fraction of sp³-hybridized carbons (Fsp3) is 0.500. The first kappa shape index (κ1) is 15.5. The zero-order valence-corrected chi connectivity index (χ0v) is 12.1. The van der Waals surface area contributed by atoms with E-state index in [1.165, 1.54) is 19.4 Å². The Bertz CT molecular complexity index is 446. The highest BCUT2D eigenvalue weighted by Crippen LogP contribution is 2.26. The van der Waals surface area contributed by atoms with Crippen LogP contribution in [-0.2, 0) is 9.47 Å². The third-order valence-corrected chi connectivity index (χ3v) is 2.01. The summed E-state index contributed by atoms with van der Waals surface area (Å²) >= 11 is 5.78. The zero-order chi connectivity index (χ0) is 14.5. The molecule has 0 radical (unpaired) electrons. The van der Waals surface area contributed by atoms with E-state index in [2.05, 4.69) is 10.3 Å². The topological polar surface area (TPSA) is 69.7 Å². The van der Waals surface area contributed by atoms with Crippen molar-refractivity contribution in [1.82, 2.24) is 4.98 Å². The van der Waals surface area contributed by atoms with Gasteiger partial charge >= 0.3 is 6.09 Å². The number of pyridine rings is 1. The van der Waals surface area contributed by atoms with Gasteiger partial charge in [-0.1, -0.05) is 11.6 Å². The Labute approximate surface area is 117 Å². The van der Waals surface area contributed by atoms with Gasteiger partial charge in [0.05, 0.1) is 11.9 Å². The van der Waals surface area contributed by atoms with E-state index in [0.717, 1.165) is 0 Å². The summed E-state index contributed by atoms with van der Waals surface area (Å²) in [6, 6.07) is 1.47. The first-order valence-corrected chi connectivity index (χ1v) is 5.97. The van der Waals surface area contributed by atoms with Crippen LogP contribution >= 0.6 is 11.6 Å². The van der Waals surface area contributed by atoms with Crippen molar-refractivity contribution in [2.24, 2.45) is 0 Å². The molecule has 0 aliphatic rings. The van der Waals surface area contributed by atoms with Gasteiger partial charge in [0.15, 0.2) is 12.5 Å². The van der Waals surface area contributed by atoms with Crippen molar-refractivity contribution in [2.45, 2.75) is 26.4 Å². The summed E-state index contributed by atoms with van der Waals surface area (Å²) in [6.07, 6.45) is 0.797. The van der Waals surface area contributed by atoms with Gasteiger partial charge in [-0.05, 0) is 20.8 Å². The molecule has 1 aromatic heterocycles. The molecule has 0 spiro atoms. The third-order valence-electron chi connectivity index (χ3n) is 1.80. The van der Waals surface area contributed by atoms with Crippen LogP contribution in [0.5, 0.6) is 5.75 Å². The maximum atomic E-state index is 11.7. The van der Waals surface area contributed by atoms with E-state index in [4.69, 9.17) is 25.8 Å². The molecule has 0 aliphatic heterocycles. The summed E-state index contributed by atoms with van der Waals surface area (Å²) in [4.78, 5) is 15.5. The maximum absolute atomic E-state index is 11.7. The smallest absolute Gasteiger partial charge is 0.412 e. The fourth-order valence-corrected chi connectivity index (χ4v) is 1.32. The van der Waals surface area contributed by atoms with Gasteiger partial charge in [0, 0.05) is 13.2 Å². The standard InChI is InChI=1S/C12H17ClN2O4/c1-12(2,3)19-11(16)15-8-5-10(13)14-6-9(8)18-7-17-4/h5-6H,7H2,1-4H3,(H,14,15,16). The van der Waals surface area contributed by atoms with Crippen molar-refractivity contribution in [1.29, 1.82) is 0 Å². The molecule has 7 heteroatoms. The number of nitrogens with one attached hydrogen (secondary N) is 1. The summed E-state index contributed by atoms with van der Waals surface area (Å²) in [5.41, 5.74) is -0.222. The number of amides is 1. The normalized spacial score (nSPS) is 11.0.